The Kier molecular flexibility index (Phi) is 5.88. The molecule has 0 heterocycles. The van der Waals surface area contributed by atoms with Crippen molar-refractivity contribution in [3.8, 4) is 5.75 Å². The van der Waals surface area contributed by atoms with Crippen LogP contribution in [0.2, 0.25) is 5.02 Å². The molecule has 15 heavy (non-hydrogen) atoms. The van der Waals surface area contributed by atoms with Crippen molar-refractivity contribution in [1.82, 2.24) is 0 Å². The molecule has 0 aliphatic rings. The highest BCUT2D eigenvalue weighted by Crippen LogP contribution is 2.24. The molecule has 0 atom stereocenters. The highest BCUT2D eigenvalue weighted by atomic mass is 35.5. The van der Waals surface area contributed by atoms with Crippen LogP contribution < -0.4 is 4.74 Å². The van der Waals surface area contributed by atoms with Crippen LogP contribution in [0.1, 0.15) is 19.3 Å². The predicted octanol–water partition coefficient (Wildman–Crippen LogP) is 3.96. The third-order valence-corrected chi connectivity index (χ3v) is 2.57. The summed E-state index contributed by atoms with van der Waals surface area (Å²) in [6.07, 6.45) is 3.14. The van der Waals surface area contributed by atoms with E-state index < -0.39 is 0 Å². The van der Waals surface area contributed by atoms with Crippen molar-refractivity contribution in [2.24, 2.45) is 0 Å². The molecule has 0 aliphatic carbocycles. The van der Waals surface area contributed by atoms with Crippen molar-refractivity contribution in [2.75, 3.05) is 12.4 Å². The van der Waals surface area contributed by atoms with Crippen molar-refractivity contribution in [2.45, 2.75) is 19.3 Å². The maximum Gasteiger partial charge on any atom is 0.138 e. The van der Waals surface area contributed by atoms with E-state index in [1.165, 1.54) is 12.1 Å². The average molecular weight is 249 g/mol. The van der Waals surface area contributed by atoms with Gasteiger partial charge in [0.25, 0.3) is 0 Å². The molecule has 1 aromatic rings. The lowest BCUT2D eigenvalue weighted by Crippen LogP contribution is -1.98. The highest BCUT2D eigenvalue weighted by Gasteiger charge is 2.02. The van der Waals surface area contributed by atoms with E-state index in [1.54, 1.807) is 6.07 Å². The number of benzene rings is 1. The molecule has 0 amide bonds. The lowest BCUT2D eigenvalue weighted by Gasteiger charge is -2.07. The van der Waals surface area contributed by atoms with Gasteiger partial charge in [-0.05, 0) is 43.2 Å². The minimum atomic E-state index is -0.345. The largest absolute Gasteiger partial charge is 0.492 e. The van der Waals surface area contributed by atoms with Gasteiger partial charge in [0.05, 0.1) is 11.6 Å². The van der Waals surface area contributed by atoms with Crippen LogP contribution in [0.15, 0.2) is 18.2 Å². The Morgan fingerprint density at radius 2 is 2.07 bits per heavy atom. The number of halogens is 2. The molecule has 0 bridgehead atoms. The fraction of sp³-hybridized carbons (Fsp3) is 0.455. The van der Waals surface area contributed by atoms with E-state index >= 15 is 0 Å². The van der Waals surface area contributed by atoms with E-state index in [9.17, 15) is 4.39 Å². The third-order valence-electron chi connectivity index (χ3n) is 1.95. The van der Waals surface area contributed by atoms with Gasteiger partial charge in [-0.1, -0.05) is 11.6 Å². The third kappa shape index (κ3) is 4.76. The fourth-order valence-corrected chi connectivity index (χ4v) is 1.61. The second-order valence-electron chi connectivity index (χ2n) is 3.21. The van der Waals surface area contributed by atoms with Crippen molar-refractivity contribution < 1.29 is 9.13 Å². The second-order valence-corrected chi connectivity index (χ2v) is 4.06. The molecule has 1 rings (SSSR count). The molecule has 84 valence electrons. The summed E-state index contributed by atoms with van der Waals surface area (Å²) in [4.78, 5) is 0. The number of rotatable bonds is 6. The first-order valence-corrected chi connectivity index (χ1v) is 5.94. The monoisotopic (exact) mass is 248 g/mol. The lowest BCUT2D eigenvalue weighted by atomic mass is 10.2. The van der Waals surface area contributed by atoms with Gasteiger partial charge in [-0.25, -0.2) is 4.39 Å². The lowest BCUT2D eigenvalue weighted by molar-refractivity contribution is 0.306. The molecular formula is C11H14ClFOS. The molecule has 0 saturated heterocycles. The van der Waals surface area contributed by atoms with Gasteiger partial charge in [-0.2, -0.15) is 12.6 Å². The molecule has 0 spiro atoms. The molecule has 0 aliphatic heterocycles. The van der Waals surface area contributed by atoms with Crippen LogP contribution in [0.3, 0.4) is 0 Å². The quantitative estimate of drug-likeness (QED) is 0.592. The van der Waals surface area contributed by atoms with Crippen molar-refractivity contribution in [1.29, 1.82) is 0 Å². The molecule has 0 N–H and O–H groups in total. The van der Waals surface area contributed by atoms with Crippen molar-refractivity contribution >= 4 is 24.2 Å². The molecule has 0 radical (unpaired) electrons. The van der Waals surface area contributed by atoms with Gasteiger partial charge in [0.15, 0.2) is 0 Å². The molecule has 4 heteroatoms. The molecule has 0 unspecified atom stereocenters. The van der Waals surface area contributed by atoms with E-state index in [0.717, 1.165) is 25.0 Å². The first kappa shape index (κ1) is 12.7. The van der Waals surface area contributed by atoms with Gasteiger partial charge in [0.2, 0.25) is 0 Å². The van der Waals surface area contributed by atoms with E-state index in [1.807, 2.05) is 0 Å². The summed E-state index contributed by atoms with van der Waals surface area (Å²) in [5, 5.41) is 0.323. The zero-order valence-electron chi connectivity index (χ0n) is 8.38. The summed E-state index contributed by atoms with van der Waals surface area (Å²) in [6, 6.07) is 4.15. The van der Waals surface area contributed by atoms with Crippen molar-refractivity contribution in [3.63, 3.8) is 0 Å². The summed E-state index contributed by atoms with van der Waals surface area (Å²) in [7, 11) is 0. The number of hydrogen-bond donors (Lipinski definition) is 1. The standard InChI is InChI=1S/C11H14ClFOS/c12-10-8-9(13)4-5-11(10)14-6-2-1-3-7-15/h4-5,8,15H,1-3,6-7H2. The summed E-state index contributed by atoms with van der Waals surface area (Å²) in [5.74, 6) is 1.10. The van der Waals surface area contributed by atoms with E-state index in [2.05, 4.69) is 12.6 Å². The SMILES string of the molecule is Fc1ccc(OCCCCCS)c(Cl)c1. The topological polar surface area (TPSA) is 9.23 Å². The number of ether oxygens (including phenoxy) is 1. The zero-order chi connectivity index (χ0) is 11.1. The second kappa shape index (κ2) is 6.96. The Hall–Kier alpha value is -0.410. The normalized spacial score (nSPS) is 10.3. The van der Waals surface area contributed by atoms with Crippen LogP contribution in [0.4, 0.5) is 4.39 Å². The first-order valence-electron chi connectivity index (χ1n) is 4.93. The number of unbranched alkanes of at least 4 members (excludes halogenated alkanes) is 2. The van der Waals surface area contributed by atoms with Gasteiger partial charge in [0, 0.05) is 0 Å². The zero-order valence-corrected chi connectivity index (χ0v) is 10.0. The average Bonchev–Trinajstić information content (AvgIpc) is 2.20. The first-order chi connectivity index (χ1) is 7.24. The number of thiol groups is 1. The maximum absolute atomic E-state index is 12.7. The molecular weight excluding hydrogens is 235 g/mol. The summed E-state index contributed by atoms with van der Waals surface area (Å²) < 4.78 is 18.1. The van der Waals surface area contributed by atoms with Crippen LogP contribution in [0.25, 0.3) is 0 Å². The van der Waals surface area contributed by atoms with Gasteiger partial charge in [-0.15, -0.1) is 0 Å². The van der Waals surface area contributed by atoms with Gasteiger partial charge in [-0.3, -0.25) is 0 Å². The molecule has 1 nitrogen and oxygen atoms in total. The van der Waals surface area contributed by atoms with E-state index in [0.29, 0.717) is 17.4 Å². The Balaban J connectivity index is 2.31. The molecule has 0 aromatic heterocycles. The molecule has 0 fully saturated rings. The van der Waals surface area contributed by atoms with Gasteiger partial charge in [0.1, 0.15) is 11.6 Å². The highest BCUT2D eigenvalue weighted by molar-refractivity contribution is 7.80. The summed E-state index contributed by atoms with van der Waals surface area (Å²) >= 11 is 9.91. The Bertz CT molecular complexity index is 307. The van der Waals surface area contributed by atoms with Crippen molar-refractivity contribution in [3.05, 3.63) is 29.0 Å². The fourth-order valence-electron chi connectivity index (χ4n) is 1.17. The Labute approximate surface area is 100.0 Å². The van der Waals surface area contributed by atoms with E-state index in [-0.39, 0.29) is 5.82 Å². The van der Waals surface area contributed by atoms with Crippen LogP contribution in [-0.4, -0.2) is 12.4 Å². The smallest absolute Gasteiger partial charge is 0.138 e. The Morgan fingerprint density at radius 1 is 1.27 bits per heavy atom. The van der Waals surface area contributed by atoms with Crippen LogP contribution in [0, 0.1) is 5.82 Å². The van der Waals surface area contributed by atoms with Gasteiger partial charge < -0.3 is 4.74 Å². The van der Waals surface area contributed by atoms with Crippen LogP contribution in [0.5, 0.6) is 5.75 Å². The summed E-state index contributed by atoms with van der Waals surface area (Å²) in [6.45, 7) is 0.610. The molecule has 1 aromatic carbocycles. The molecule has 0 saturated carbocycles. The number of hydrogen-bond acceptors (Lipinski definition) is 2. The minimum Gasteiger partial charge on any atom is -0.492 e. The maximum atomic E-state index is 12.7. The van der Waals surface area contributed by atoms with E-state index in [4.69, 9.17) is 16.3 Å². The minimum absolute atomic E-state index is 0.323. The summed E-state index contributed by atoms with van der Waals surface area (Å²) in [5.41, 5.74) is 0. The van der Waals surface area contributed by atoms with Crippen LogP contribution >= 0.6 is 24.2 Å². The Morgan fingerprint density at radius 3 is 2.73 bits per heavy atom. The predicted molar refractivity (Wildman–Crippen MR) is 64.6 cm³/mol. The van der Waals surface area contributed by atoms with Crippen LogP contribution in [-0.2, 0) is 0 Å². The van der Waals surface area contributed by atoms with Gasteiger partial charge >= 0.3 is 0 Å².